The molecule has 0 aromatic heterocycles. The molecule has 0 amide bonds. The summed E-state index contributed by atoms with van der Waals surface area (Å²) in [6, 6.07) is 20.7. The summed E-state index contributed by atoms with van der Waals surface area (Å²) in [4.78, 5) is 0. The van der Waals surface area contributed by atoms with Crippen molar-refractivity contribution in [1.82, 2.24) is 0 Å². The molecule has 0 heteroatoms. The molecular formula is C34H36. The van der Waals surface area contributed by atoms with Gasteiger partial charge in [0, 0.05) is 0 Å². The first kappa shape index (κ1) is 26.4. The number of rotatable bonds is 10. The van der Waals surface area contributed by atoms with Crippen molar-refractivity contribution in [3.05, 3.63) is 167 Å². The van der Waals surface area contributed by atoms with Crippen LogP contribution in [0.25, 0.3) is 12.2 Å². The number of allylic oxidation sites excluding steroid dienone is 16. The molecule has 0 nitrogen and oxygen atoms in total. The molecule has 0 spiro atoms. The smallest absolute Gasteiger partial charge is 0.0257 e. The van der Waals surface area contributed by atoms with Crippen molar-refractivity contribution in [2.45, 2.75) is 27.7 Å². The first-order valence-corrected chi connectivity index (χ1v) is 11.7. The SMILES string of the molecule is CC(C=CC=C(C)C=Cc1ccccc1)=CC=CC=C(C)C=CC=C(C)C=Cc1ccccc1. The maximum atomic E-state index is 2.13. The van der Waals surface area contributed by atoms with Crippen LogP contribution < -0.4 is 0 Å². The van der Waals surface area contributed by atoms with Crippen LogP contribution in [0, 0.1) is 0 Å². The number of hydrogen-bond donors (Lipinski definition) is 0. The lowest BCUT2D eigenvalue weighted by atomic mass is 10.1. The summed E-state index contributed by atoms with van der Waals surface area (Å²) in [5, 5.41) is 0. The molecule has 0 bridgehead atoms. The molecule has 0 aliphatic rings. The zero-order valence-corrected chi connectivity index (χ0v) is 20.9. The highest BCUT2D eigenvalue weighted by atomic mass is 13.9. The van der Waals surface area contributed by atoms with E-state index in [0.29, 0.717) is 0 Å². The van der Waals surface area contributed by atoms with Crippen LogP contribution in [0.5, 0.6) is 0 Å². The van der Waals surface area contributed by atoms with Gasteiger partial charge in [0.15, 0.2) is 0 Å². The Hall–Kier alpha value is -3.90. The van der Waals surface area contributed by atoms with Gasteiger partial charge < -0.3 is 0 Å². The van der Waals surface area contributed by atoms with E-state index in [4.69, 9.17) is 0 Å². The molecule has 0 N–H and O–H groups in total. The molecule has 0 atom stereocenters. The Kier molecular flexibility index (Phi) is 12.3. The van der Waals surface area contributed by atoms with E-state index in [2.05, 4.69) is 161 Å². The summed E-state index contributed by atoms with van der Waals surface area (Å²) >= 11 is 0. The van der Waals surface area contributed by atoms with Crippen molar-refractivity contribution in [2.24, 2.45) is 0 Å². The van der Waals surface area contributed by atoms with Gasteiger partial charge in [-0.1, -0.05) is 168 Å². The third kappa shape index (κ3) is 12.2. The fourth-order valence-electron chi connectivity index (χ4n) is 2.92. The van der Waals surface area contributed by atoms with Gasteiger partial charge in [0.25, 0.3) is 0 Å². The van der Waals surface area contributed by atoms with E-state index in [1.54, 1.807) is 0 Å². The quantitative estimate of drug-likeness (QED) is 0.320. The van der Waals surface area contributed by atoms with Crippen LogP contribution in [0.4, 0.5) is 0 Å². The van der Waals surface area contributed by atoms with E-state index in [1.807, 2.05) is 12.1 Å². The van der Waals surface area contributed by atoms with Gasteiger partial charge in [0.1, 0.15) is 0 Å². The van der Waals surface area contributed by atoms with E-state index in [1.165, 1.54) is 33.4 Å². The molecule has 2 rings (SSSR count). The van der Waals surface area contributed by atoms with Gasteiger partial charge in [-0.15, -0.1) is 0 Å². The second-order valence-electron chi connectivity index (χ2n) is 8.23. The standard InChI is InChI=1S/C34H36/c1-29(17-13-19-31(3)25-27-33-21-7-5-8-22-33)15-11-12-16-30(2)18-14-20-32(4)26-28-34-23-9-6-10-24-34/h5-28H,1-4H3. The van der Waals surface area contributed by atoms with E-state index < -0.39 is 0 Å². The molecule has 34 heavy (non-hydrogen) atoms. The van der Waals surface area contributed by atoms with E-state index in [-0.39, 0.29) is 0 Å². The van der Waals surface area contributed by atoms with Gasteiger partial charge in [0.2, 0.25) is 0 Å². The van der Waals surface area contributed by atoms with Gasteiger partial charge >= 0.3 is 0 Å². The summed E-state index contributed by atoms with van der Waals surface area (Å²) in [5.74, 6) is 0. The van der Waals surface area contributed by atoms with E-state index >= 15 is 0 Å². The first-order chi connectivity index (χ1) is 16.5. The van der Waals surface area contributed by atoms with Gasteiger partial charge in [0.05, 0.1) is 0 Å². The lowest BCUT2D eigenvalue weighted by molar-refractivity contribution is 1.49. The Morgan fingerprint density at radius 1 is 0.412 bits per heavy atom. The third-order valence-electron chi connectivity index (χ3n) is 4.94. The first-order valence-electron chi connectivity index (χ1n) is 11.7. The molecule has 0 heterocycles. The van der Waals surface area contributed by atoms with Crippen molar-refractivity contribution in [3.8, 4) is 0 Å². The largest absolute Gasteiger partial charge is 0.0622 e. The van der Waals surface area contributed by atoms with Gasteiger partial charge in [-0.25, -0.2) is 0 Å². The summed E-state index contributed by atoms with van der Waals surface area (Å²) in [5.41, 5.74) is 7.27. The summed E-state index contributed by atoms with van der Waals surface area (Å²) < 4.78 is 0. The third-order valence-corrected chi connectivity index (χ3v) is 4.94. The zero-order valence-electron chi connectivity index (χ0n) is 20.9. The Bertz CT molecular complexity index is 1050. The normalized spacial score (nSPS) is 14.6. The van der Waals surface area contributed by atoms with Crippen molar-refractivity contribution in [3.63, 3.8) is 0 Å². The van der Waals surface area contributed by atoms with Crippen LogP contribution in [-0.2, 0) is 0 Å². The molecule has 172 valence electrons. The average Bonchev–Trinajstić information content (AvgIpc) is 2.85. The minimum atomic E-state index is 1.21. The molecule has 0 aliphatic heterocycles. The van der Waals surface area contributed by atoms with Gasteiger partial charge in [-0.2, -0.15) is 0 Å². The number of hydrogen-bond acceptors (Lipinski definition) is 0. The molecule has 0 aliphatic carbocycles. The van der Waals surface area contributed by atoms with Crippen molar-refractivity contribution < 1.29 is 0 Å². The second-order valence-corrected chi connectivity index (χ2v) is 8.23. The monoisotopic (exact) mass is 444 g/mol. The predicted molar refractivity (Wildman–Crippen MR) is 153 cm³/mol. The molecular weight excluding hydrogens is 408 g/mol. The summed E-state index contributed by atoms with van der Waals surface area (Å²) in [7, 11) is 0. The minimum absolute atomic E-state index is 1.21. The maximum Gasteiger partial charge on any atom is -0.0257 e. The Labute approximate surface area is 206 Å². The topological polar surface area (TPSA) is 0 Å². The number of benzene rings is 2. The van der Waals surface area contributed by atoms with Crippen LogP contribution >= 0.6 is 0 Å². The van der Waals surface area contributed by atoms with Crippen molar-refractivity contribution in [2.75, 3.05) is 0 Å². The van der Waals surface area contributed by atoms with Crippen LogP contribution in [0.2, 0.25) is 0 Å². The Morgan fingerprint density at radius 2 is 0.735 bits per heavy atom. The highest BCUT2D eigenvalue weighted by molar-refractivity contribution is 5.53. The molecule has 0 saturated heterocycles. The van der Waals surface area contributed by atoms with Crippen LogP contribution in [0.1, 0.15) is 38.8 Å². The zero-order chi connectivity index (χ0) is 24.4. The van der Waals surface area contributed by atoms with Crippen molar-refractivity contribution in [1.29, 1.82) is 0 Å². The van der Waals surface area contributed by atoms with E-state index in [9.17, 15) is 0 Å². The highest BCUT2D eigenvalue weighted by Gasteiger charge is 1.85. The molecule has 0 saturated carbocycles. The fraction of sp³-hybridized carbons (Fsp3) is 0.118. The van der Waals surface area contributed by atoms with Crippen molar-refractivity contribution >= 4 is 12.2 Å². The Balaban J connectivity index is 1.81. The fourth-order valence-corrected chi connectivity index (χ4v) is 2.92. The highest BCUT2D eigenvalue weighted by Crippen LogP contribution is 2.07. The maximum absolute atomic E-state index is 2.13. The van der Waals surface area contributed by atoms with Gasteiger partial charge in [-0.3, -0.25) is 0 Å². The van der Waals surface area contributed by atoms with Crippen LogP contribution in [0.15, 0.2) is 156 Å². The second kappa shape index (κ2) is 15.8. The van der Waals surface area contributed by atoms with Crippen LogP contribution in [-0.4, -0.2) is 0 Å². The molecule has 0 radical (unpaired) electrons. The molecule has 2 aromatic rings. The summed E-state index contributed by atoms with van der Waals surface area (Å²) in [6.45, 7) is 8.44. The Morgan fingerprint density at radius 3 is 1.12 bits per heavy atom. The lowest BCUT2D eigenvalue weighted by Gasteiger charge is -1.93. The minimum Gasteiger partial charge on any atom is -0.0622 e. The molecule has 2 aromatic carbocycles. The summed E-state index contributed by atoms with van der Waals surface area (Å²) in [6.07, 6.45) is 29.6. The lowest BCUT2D eigenvalue weighted by Crippen LogP contribution is -1.71. The van der Waals surface area contributed by atoms with E-state index in [0.717, 1.165) is 0 Å². The molecule has 0 unspecified atom stereocenters. The molecule has 0 fully saturated rings. The average molecular weight is 445 g/mol. The van der Waals surface area contributed by atoms with Gasteiger partial charge in [-0.05, 0) is 38.8 Å². The predicted octanol–water partition coefficient (Wildman–Crippen LogP) is 9.87. The van der Waals surface area contributed by atoms with Crippen LogP contribution in [0.3, 0.4) is 0 Å².